The molecule has 0 heterocycles. The summed E-state index contributed by atoms with van der Waals surface area (Å²) in [6.07, 6.45) is 2.20. The van der Waals surface area contributed by atoms with Crippen molar-refractivity contribution in [1.82, 2.24) is 5.32 Å². The summed E-state index contributed by atoms with van der Waals surface area (Å²) in [6.45, 7) is 4.89. The summed E-state index contributed by atoms with van der Waals surface area (Å²) in [7, 11) is 0. The molecule has 0 fully saturated rings. The molecule has 0 aromatic heterocycles. The van der Waals surface area contributed by atoms with Crippen molar-refractivity contribution in [2.24, 2.45) is 5.92 Å². The van der Waals surface area contributed by atoms with Gasteiger partial charge in [-0.25, -0.2) is 4.39 Å². The molecule has 1 aliphatic rings. The second kappa shape index (κ2) is 5.98. The Morgan fingerprint density at radius 3 is 2.38 bits per heavy atom. The third kappa shape index (κ3) is 2.86. The van der Waals surface area contributed by atoms with E-state index in [2.05, 4.69) is 36.5 Å². The number of rotatable bonds is 4. The van der Waals surface area contributed by atoms with Crippen LogP contribution in [0.3, 0.4) is 0 Å². The molecule has 0 saturated heterocycles. The summed E-state index contributed by atoms with van der Waals surface area (Å²) in [5.74, 6) is 0.427. The summed E-state index contributed by atoms with van der Waals surface area (Å²) in [6, 6.07) is 14.5. The summed E-state index contributed by atoms with van der Waals surface area (Å²) in [5, 5.41) is 3.60. The minimum absolute atomic E-state index is 0.122. The molecule has 0 bridgehead atoms. The Kier molecular flexibility index (Phi) is 4.07. The van der Waals surface area contributed by atoms with Crippen molar-refractivity contribution in [3.8, 4) is 0 Å². The average Bonchev–Trinajstić information content (AvgIpc) is 2.91. The minimum atomic E-state index is -0.122. The summed E-state index contributed by atoms with van der Waals surface area (Å²) >= 11 is 0. The Morgan fingerprint density at radius 2 is 1.81 bits per heavy atom. The van der Waals surface area contributed by atoms with Gasteiger partial charge in [-0.05, 0) is 60.5 Å². The monoisotopic (exact) mass is 283 g/mol. The van der Waals surface area contributed by atoms with Crippen molar-refractivity contribution in [3.63, 3.8) is 0 Å². The molecule has 0 saturated carbocycles. The lowest BCUT2D eigenvalue weighted by atomic mass is 9.89. The lowest BCUT2D eigenvalue weighted by molar-refractivity contribution is 0.380. The van der Waals surface area contributed by atoms with Crippen molar-refractivity contribution in [2.75, 3.05) is 6.54 Å². The molecule has 1 aliphatic carbocycles. The molecule has 110 valence electrons. The van der Waals surface area contributed by atoms with E-state index in [-0.39, 0.29) is 5.82 Å². The van der Waals surface area contributed by atoms with Crippen LogP contribution in [-0.4, -0.2) is 6.54 Å². The van der Waals surface area contributed by atoms with Crippen molar-refractivity contribution < 1.29 is 4.39 Å². The highest BCUT2D eigenvalue weighted by molar-refractivity contribution is 5.35. The maximum absolute atomic E-state index is 13.5. The van der Waals surface area contributed by atoms with Crippen LogP contribution in [0.5, 0.6) is 0 Å². The van der Waals surface area contributed by atoms with Crippen LogP contribution in [-0.2, 0) is 12.8 Å². The van der Waals surface area contributed by atoms with Crippen molar-refractivity contribution in [2.45, 2.75) is 32.7 Å². The summed E-state index contributed by atoms with van der Waals surface area (Å²) in [4.78, 5) is 0. The summed E-state index contributed by atoms with van der Waals surface area (Å²) in [5.41, 5.74) is 4.85. The van der Waals surface area contributed by atoms with Crippen molar-refractivity contribution in [3.05, 3.63) is 70.5 Å². The fourth-order valence-corrected chi connectivity index (χ4v) is 3.47. The quantitative estimate of drug-likeness (QED) is 0.886. The van der Waals surface area contributed by atoms with E-state index < -0.39 is 0 Å². The first-order chi connectivity index (χ1) is 10.2. The van der Waals surface area contributed by atoms with Gasteiger partial charge in [-0.1, -0.05) is 43.3 Å². The largest absolute Gasteiger partial charge is 0.310 e. The van der Waals surface area contributed by atoms with Crippen LogP contribution in [0.25, 0.3) is 0 Å². The lowest BCUT2D eigenvalue weighted by Gasteiger charge is -2.25. The number of benzene rings is 2. The van der Waals surface area contributed by atoms with E-state index in [1.807, 2.05) is 19.1 Å². The van der Waals surface area contributed by atoms with E-state index in [9.17, 15) is 4.39 Å². The van der Waals surface area contributed by atoms with E-state index in [0.717, 1.165) is 24.9 Å². The topological polar surface area (TPSA) is 12.0 Å². The van der Waals surface area contributed by atoms with E-state index in [4.69, 9.17) is 0 Å². The maximum atomic E-state index is 13.5. The van der Waals surface area contributed by atoms with Crippen LogP contribution in [0, 0.1) is 18.7 Å². The van der Waals surface area contributed by atoms with Gasteiger partial charge in [-0.3, -0.25) is 0 Å². The van der Waals surface area contributed by atoms with Crippen LogP contribution >= 0.6 is 0 Å². The molecule has 2 heteroatoms. The molecule has 1 N–H and O–H groups in total. The van der Waals surface area contributed by atoms with Gasteiger partial charge >= 0.3 is 0 Å². The van der Waals surface area contributed by atoms with Crippen LogP contribution in [0.1, 0.15) is 35.2 Å². The fourth-order valence-electron chi connectivity index (χ4n) is 3.47. The molecule has 1 nitrogen and oxygen atoms in total. The first-order valence-corrected chi connectivity index (χ1v) is 7.75. The number of hydrogen-bond donors (Lipinski definition) is 1. The van der Waals surface area contributed by atoms with E-state index in [0.29, 0.717) is 12.0 Å². The fraction of sp³-hybridized carbons (Fsp3) is 0.368. The molecule has 21 heavy (non-hydrogen) atoms. The van der Waals surface area contributed by atoms with Crippen LogP contribution < -0.4 is 5.32 Å². The standard InChI is InChI=1S/C19H22FN/c1-3-21-19(16-8-9-18(20)13(2)10-16)17-11-14-6-4-5-7-15(14)12-17/h4-10,17,19,21H,3,11-12H2,1-2H3. The molecular formula is C19H22FN. The third-order valence-electron chi connectivity index (χ3n) is 4.52. The Hall–Kier alpha value is -1.67. The van der Waals surface area contributed by atoms with Crippen molar-refractivity contribution in [1.29, 1.82) is 0 Å². The predicted molar refractivity (Wildman–Crippen MR) is 84.9 cm³/mol. The number of fused-ring (bicyclic) bond motifs is 1. The molecule has 1 unspecified atom stereocenters. The molecule has 2 aromatic rings. The van der Waals surface area contributed by atoms with Gasteiger partial charge in [0.15, 0.2) is 0 Å². The Bertz CT molecular complexity index is 610. The maximum Gasteiger partial charge on any atom is 0.126 e. The van der Waals surface area contributed by atoms with Gasteiger partial charge in [0.2, 0.25) is 0 Å². The van der Waals surface area contributed by atoms with Crippen molar-refractivity contribution >= 4 is 0 Å². The smallest absolute Gasteiger partial charge is 0.126 e. The molecule has 1 atom stereocenters. The first kappa shape index (κ1) is 14.3. The minimum Gasteiger partial charge on any atom is -0.310 e. The number of halogens is 1. The number of aryl methyl sites for hydroxylation is 1. The van der Waals surface area contributed by atoms with Gasteiger partial charge < -0.3 is 5.32 Å². The zero-order chi connectivity index (χ0) is 14.8. The highest BCUT2D eigenvalue weighted by atomic mass is 19.1. The van der Waals surface area contributed by atoms with Gasteiger partial charge in [-0.2, -0.15) is 0 Å². The molecule has 0 aliphatic heterocycles. The predicted octanol–water partition coefficient (Wildman–Crippen LogP) is 4.20. The zero-order valence-corrected chi connectivity index (χ0v) is 12.7. The Morgan fingerprint density at radius 1 is 1.14 bits per heavy atom. The second-order valence-corrected chi connectivity index (χ2v) is 5.98. The van der Waals surface area contributed by atoms with Gasteiger partial charge in [0.05, 0.1) is 0 Å². The molecule has 0 spiro atoms. The molecule has 0 radical (unpaired) electrons. The van der Waals surface area contributed by atoms with Crippen LogP contribution in [0.4, 0.5) is 4.39 Å². The lowest BCUT2D eigenvalue weighted by Crippen LogP contribution is -2.28. The van der Waals surface area contributed by atoms with E-state index in [1.165, 1.54) is 16.7 Å². The van der Waals surface area contributed by atoms with Crippen LogP contribution in [0.2, 0.25) is 0 Å². The highest BCUT2D eigenvalue weighted by Gasteiger charge is 2.29. The molecular weight excluding hydrogens is 261 g/mol. The first-order valence-electron chi connectivity index (χ1n) is 7.75. The van der Waals surface area contributed by atoms with E-state index in [1.54, 1.807) is 6.07 Å². The third-order valence-corrected chi connectivity index (χ3v) is 4.52. The average molecular weight is 283 g/mol. The van der Waals surface area contributed by atoms with Gasteiger partial charge in [-0.15, -0.1) is 0 Å². The number of hydrogen-bond acceptors (Lipinski definition) is 1. The molecule has 0 amide bonds. The van der Waals surface area contributed by atoms with Gasteiger partial charge in [0.1, 0.15) is 5.82 Å². The summed E-state index contributed by atoms with van der Waals surface area (Å²) < 4.78 is 13.5. The van der Waals surface area contributed by atoms with Gasteiger partial charge in [0, 0.05) is 6.04 Å². The van der Waals surface area contributed by atoms with Crippen LogP contribution in [0.15, 0.2) is 42.5 Å². The number of nitrogens with one attached hydrogen (secondary N) is 1. The highest BCUT2D eigenvalue weighted by Crippen LogP contribution is 2.35. The Labute approximate surface area is 126 Å². The second-order valence-electron chi connectivity index (χ2n) is 5.98. The molecule has 2 aromatic carbocycles. The molecule has 3 rings (SSSR count). The van der Waals surface area contributed by atoms with E-state index >= 15 is 0 Å². The zero-order valence-electron chi connectivity index (χ0n) is 12.7. The Balaban J connectivity index is 1.87. The normalized spacial score (nSPS) is 16.0. The SMILES string of the molecule is CCNC(c1ccc(F)c(C)c1)C1Cc2ccccc2C1. The van der Waals surface area contributed by atoms with Gasteiger partial charge in [0.25, 0.3) is 0 Å².